The minimum atomic E-state index is -3.86. The van der Waals surface area contributed by atoms with E-state index in [1.165, 1.54) is 0 Å². The average Bonchev–Trinajstić information content (AvgIpc) is 2.75. The van der Waals surface area contributed by atoms with Crippen molar-refractivity contribution in [2.24, 2.45) is 5.16 Å². The molecule has 1 aliphatic rings. The second-order valence-electron chi connectivity index (χ2n) is 8.73. The summed E-state index contributed by atoms with van der Waals surface area (Å²) in [5.41, 5.74) is 0. The monoisotopic (exact) mass is 427 g/mol. The van der Waals surface area contributed by atoms with Gasteiger partial charge in [-0.05, 0) is 32.0 Å². The summed E-state index contributed by atoms with van der Waals surface area (Å²) in [6.45, 7) is 13.3. The minimum absolute atomic E-state index is 0.103. The second kappa shape index (κ2) is 8.43. The second-order valence-corrected chi connectivity index (χ2v) is 15.1. The summed E-state index contributed by atoms with van der Waals surface area (Å²) in [4.78, 5) is 0. The van der Waals surface area contributed by atoms with Crippen LogP contribution in [0, 0.1) is 0 Å². The highest BCUT2D eigenvalue weighted by molar-refractivity contribution is 7.86. The Morgan fingerprint density at radius 2 is 1.85 bits per heavy atom. The fourth-order valence-electron chi connectivity index (χ4n) is 2.39. The first-order chi connectivity index (χ1) is 12.0. The molecule has 1 heterocycles. The molecule has 0 aromatic heterocycles. The van der Waals surface area contributed by atoms with E-state index < -0.39 is 48.6 Å². The molecular formula is C16H33NO8SSi. The van der Waals surface area contributed by atoms with E-state index in [1.54, 1.807) is 13.8 Å². The predicted molar refractivity (Wildman–Crippen MR) is 103 cm³/mol. The van der Waals surface area contributed by atoms with Crippen molar-refractivity contribution in [1.29, 1.82) is 0 Å². The lowest BCUT2D eigenvalue weighted by atomic mass is 10.0. The van der Waals surface area contributed by atoms with Crippen molar-refractivity contribution < 1.29 is 36.8 Å². The summed E-state index contributed by atoms with van der Waals surface area (Å²) in [5.74, 6) is -1.05. The van der Waals surface area contributed by atoms with Crippen LogP contribution in [0.4, 0.5) is 0 Å². The summed E-state index contributed by atoms with van der Waals surface area (Å²) >= 11 is 0. The molecule has 0 amide bonds. The molecule has 4 atom stereocenters. The number of rotatable bonds is 8. The highest BCUT2D eigenvalue weighted by Gasteiger charge is 2.48. The molecular weight excluding hydrogens is 394 g/mol. The number of aliphatic hydroxyl groups excluding tert-OH is 1. The summed E-state index contributed by atoms with van der Waals surface area (Å²) in [6.07, 6.45) is -2.49. The van der Waals surface area contributed by atoms with Gasteiger partial charge in [-0.2, -0.15) is 8.42 Å². The van der Waals surface area contributed by atoms with Gasteiger partial charge in [-0.3, -0.25) is 4.18 Å². The van der Waals surface area contributed by atoms with E-state index in [-0.39, 0.29) is 11.6 Å². The molecule has 1 saturated heterocycles. The minimum Gasteiger partial charge on any atom is -0.414 e. The lowest BCUT2D eigenvalue weighted by molar-refractivity contribution is -0.160. The van der Waals surface area contributed by atoms with Crippen LogP contribution in [0.1, 0.15) is 34.6 Å². The van der Waals surface area contributed by atoms with Gasteiger partial charge in [0.15, 0.2) is 14.1 Å². The van der Waals surface area contributed by atoms with Gasteiger partial charge in [0, 0.05) is 0 Å². The molecule has 0 aliphatic carbocycles. The number of aliphatic hydroxyl groups is 1. The Balaban J connectivity index is 3.05. The normalized spacial score (nSPS) is 26.4. The molecule has 0 aromatic carbocycles. The van der Waals surface area contributed by atoms with Crippen molar-refractivity contribution in [3.63, 3.8) is 0 Å². The third-order valence-electron chi connectivity index (χ3n) is 4.81. The number of oxime groups is 1. The standard InChI is InChI=1S/C16H33NO8SSi/c1-15(2,3)27(7,8)22-10-12(25-26(6,20)21)13(18)14-11(9-17-19)23-16(4,5)24-14/h9,11-14,18-19H,10H2,1-8H3/b17-9+/t11-,12-,13-,14-/m1/s1. The first kappa shape index (κ1) is 24.5. The van der Waals surface area contributed by atoms with E-state index in [2.05, 4.69) is 5.16 Å². The van der Waals surface area contributed by atoms with E-state index in [0.29, 0.717) is 0 Å². The molecule has 160 valence electrons. The number of nitrogens with zero attached hydrogens (tertiary/aromatic N) is 1. The maximum absolute atomic E-state index is 11.7. The van der Waals surface area contributed by atoms with Crippen molar-refractivity contribution in [3.8, 4) is 0 Å². The molecule has 1 aliphatic heterocycles. The van der Waals surface area contributed by atoms with Gasteiger partial charge in [-0.25, -0.2) is 0 Å². The Labute approximate surface area is 162 Å². The van der Waals surface area contributed by atoms with Crippen LogP contribution in [-0.2, 0) is 28.2 Å². The molecule has 9 nitrogen and oxygen atoms in total. The van der Waals surface area contributed by atoms with Crippen molar-refractivity contribution in [3.05, 3.63) is 0 Å². The van der Waals surface area contributed by atoms with Crippen molar-refractivity contribution in [2.75, 3.05) is 12.9 Å². The number of hydrogen-bond acceptors (Lipinski definition) is 9. The Morgan fingerprint density at radius 3 is 2.30 bits per heavy atom. The van der Waals surface area contributed by atoms with E-state index in [1.807, 2.05) is 33.9 Å². The van der Waals surface area contributed by atoms with Gasteiger partial charge in [0.1, 0.15) is 24.4 Å². The van der Waals surface area contributed by atoms with Crippen molar-refractivity contribution in [1.82, 2.24) is 0 Å². The molecule has 0 saturated carbocycles. The van der Waals surface area contributed by atoms with Crippen LogP contribution < -0.4 is 0 Å². The Morgan fingerprint density at radius 1 is 1.30 bits per heavy atom. The van der Waals surface area contributed by atoms with Crippen LogP contribution in [0.2, 0.25) is 18.1 Å². The molecule has 1 fully saturated rings. The van der Waals surface area contributed by atoms with E-state index >= 15 is 0 Å². The van der Waals surface area contributed by atoms with Gasteiger partial charge in [-0.15, -0.1) is 0 Å². The quantitative estimate of drug-likeness (QED) is 0.197. The Hall–Kier alpha value is -0.563. The zero-order chi connectivity index (χ0) is 21.3. The van der Waals surface area contributed by atoms with Crippen LogP contribution in [0.5, 0.6) is 0 Å². The Kier molecular flexibility index (Phi) is 7.65. The van der Waals surface area contributed by atoms with E-state index in [9.17, 15) is 13.5 Å². The average molecular weight is 428 g/mol. The van der Waals surface area contributed by atoms with Crippen molar-refractivity contribution in [2.45, 2.75) is 83.0 Å². The molecule has 2 N–H and O–H groups in total. The predicted octanol–water partition coefficient (Wildman–Crippen LogP) is 1.69. The topological polar surface area (TPSA) is 124 Å². The molecule has 0 aromatic rings. The van der Waals surface area contributed by atoms with Gasteiger partial charge in [0.05, 0.1) is 19.1 Å². The van der Waals surface area contributed by atoms with Gasteiger partial charge >= 0.3 is 0 Å². The molecule has 0 bridgehead atoms. The van der Waals surface area contributed by atoms with Gasteiger partial charge in [-0.1, -0.05) is 25.9 Å². The first-order valence-corrected chi connectivity index (χ1v) is 13.4. The molecule has 0 radical (unpaired) electrons. The van der Waals surface area contributed by atoms with Crippen LogP contribution >= 0.6 is 0 Å². The molecule has 1 rings (SSSR count). The first-order valence-electron chi connectivity index (χ1n) is 8.72. The zero-order valence-corrected chi connectivity index (χ0v) is 19.1. The van der Waals surface area contributed by atoms with Crippen LogP contribution in [0.15, 0.2) is 5.16 Å². The van der Waals surface area contributed by atoms with Gasteiger partial charge in [0.25, 0.3) is 10.1 Å². The number of hydrogen-bond donors (Lipinski definition) is 2. The maximum Gasteiger partial charge on any atom is 0.264 e. The summed E-state index contributed by atoms with van der Waals surface area (Å²) in [7, 11) is -6.08. The largest absolute Gasteiger partial charge is 0.414 e. The highest BCUT2D eigenvalue weighted by atomic mass is 32.2. The SMILES string of the molecule is CC1(C)O[C@@H]([C@H](O)[C@@H](CO[Si](C)(C)C(C)(C)C)OS(C)(=O)=O)[C@@H](/C=N/O)O1. The molecule has 27 heavy (non-hydrogen) atoms. The molecule has 0 unspecified atom stereocenters. The zero-order valence-electron chi connectivity index (χ0n) is 17.3. The smallest absolute Gasteiger partial charge is 0.264 e. The van der Waals surface area contributed by atoms with Crippen LogP contribution in [0.25, 0.3) is 0 Å². The summed E-state index contributed by atoms with van der Waals surface area (Å²) in [5, 5.41) is 22.5. The van der Waals surface area contributed by atoms with Crippen molar-refractivity contribution >= 4 is 24.7 Å². The highest BCUT2D eigenvalue weighted by Crippen LogP contribution is 2.37. The van der Waals surface area contributed by atoms with Crippen LogP contribution in [0.3, 0.4) is 0 Å². The van der Waals surface area contributed by atoms with E-state index in [0.717, 1.165) is 12.5 Å². The van der Waals surface area contributed by atoms with Gasteiger partial charge in [0.2, 0.25) is 0 Å². The fourth-order valence-corrected chi connectivity index (χ4v) is 4.02. The maximum atomic E-state index is 11.7. The van der Waals surface area contributed by atoms with Gasteiger partial charge < -0.3 is 24.2 Å². The lowest BCUT2D eigenvalue weighted by Crippen LogP contribution is -2.50. The molecule has 0 spiro atoms. The lowest BCUT2D eigenvalue weighted by Gasteiger charge is -2.38. The van der Waals surface area contributed by atoms with E-state index in [4.69, 9.17) is 23.3 Å². The Bertz CT molecular complexity index is 629. The fraction of sp³-hybridized carbons (Fsp3) is 0.938. The summed E-state index contributed by atoms with van der Waals surface area (Å²) in [6, 6.07) is 0. The summed E-state index contributed by atoms with van der Waals surface area (Å²) < 4.78 is 45.8. The number of ether oxygens (including phenoxy) is 2. The third-order valence-corrected chi connectivity index (χ3v) is 9.91. The van der Waals surface area contributed by atoms with Crippen LogP contribution in [-0.4, -0.2) is 76.3 Å². The molecule has 11 heteroatoms. The third kappa shape index (κ3) is 7.08.